The van der Waals surface area contributed by atoms with Crippen LogP contribution in [0.25, 0.3) is 11.6 Å². The van der Waals surface area contributed by atoms with Gasteiger partial charge in [-0.1, -0.05) is 66.2 Å². The van der Waals surface area contributed by atoms with E-state index in [1.165, 1.54) is 0 Å². The molecule has 0 atom stereocenters. The third kappa shape index (κ3) is 4.02. The lowest BCUT2D eigenvalue weighted by Crippen LogP contribution is -2.23. The van der Waals surface area contributed by atoms with Gasteiger partial charge in [-0.15, -0.1) is 0 Å². The maximum atomic E-state index is 13.0. The van der Waals surface area contributed by atoms with Crippen molar-refractivity contribution in [1.82, 2.24) is 5.32 Å². The van der Waals surface area contributed by atoms with Crippen LogP contribution >= 0.6 is 11.6 Å². The summed E-state index contributed by atoms with van der Waals surface area (Å²) in [5.74, 6) is 1.24. The fraction of sp³-hybridized carbons (Fsp3) is 0.0870. The average molecular weight is 392 g/mol. The molecule has 0 fully saturated rings. The third-order valence-corrected chi connectivity index (χ3v) is 4.77. The molecule has 3 aromatic carbocycles. The predicted molar refractivity (Wildman–Crippen MR) is 110 cm³/mol. The molecular formula is C23H18ClNO3. The lowest BCUT2D eigenvalue weighted by Gasteiger charge is -2.11. The Labute approximate surface area is 168 Å². The molecule has 0 bridgehead atoms. The minimum absolute atomic E-state index is 0.177. The first-order valence-electron chi connectivity index (χ1n) is 8.89. The number of carbonyl (C=O) groups excluding carboxylic acids is 1. The van der Waals surface area contributed by atoms with E-state index < -0.39 is 0 Å². The van der Waals surface area contributed by atoms with Crippen molar-refractivity contribution in [2.45, 2.75) is 6.54 Å². The van der Waals surface area contributed by atoms with Crippen molar-refractivity contribution in [3.63, 3.8) is 0 Å². The molecule has 0 radical (unpaired) electrons. The van der Waals surface area contributed by atoms with Crippen LogP contribution in [0.1, 0.15) is 16.7 Å². The molecule has 4 rings (SSSR count). The first-order valence-corrected chi connectivity index (χ1v) is 9.27. The molecule has 0 saturated heterocycles. The minimum Gasteiger partial charge on any atom is -0.454 e. The monoisotopic (exact) mass is 391 g/mol. The van der Waals surface area contributed by atoms with Gasteiger partial charge in [-0.2, -0.15) is 0 Å². The fourth-order valence-electron chi connectivity index (χ4n) is 2.97. The van der Waals surface area contributed by atoms with Crippen LogP contribution in [-0.4, -0.2) is 12.7 Å². The van der Waals surface area contributed by atoms with Gasteiger partial charge in [0.05, 0.1) is 0 Å². The second-order valence-electron chi connectivity index (χ2n) is 6.32. The Kier molecular flexibility index (Phi) is 5.31. The van der Waals surface area contributed by atoms with Gasteiger partial charge in [0.15, 0.2) is 11.5 Å². The quantitative estimate of drug-likeness (QED) is 0.495. The number of fused-ring (bicyclic) bond motifs is 1. The molecule has 0 spiro atoms. The van der Waals surface area contributed by atoms with Gasteiger partial charge in [0.25, 0.3) is 5.91 Å². The summed E-state index contributed by atoms with van der Waals surface area (Å²) in [7, 11) is 0. The zero-order chi connectivity index (χ0) is 19.3. The summed E-state index contributed by atoms with van der Waals surface area (Å²) >= 11 is 6.29. The number of halogens is 1. The molecule has 5 heteroatoms. The number of benzene rings is 3. The Balaban J connectivity index is 1.58. The molecule has 4 nitrogen and oxygen atoms in total. The molecular weight excluding hydrogens is 374 g/mol. The van der Waals surface area contributed by atoms with Crippen LogP contribution in [0.15, 0.2) is 72.8 Å². The third-order valence-electron chi connectivity index (χ3n) is 4.42. The number of nitrogens with one attached hydrogen (secondary N) is 1. The smallest absolute Gasteiger partial charge is 0.252 e. The van der Waals surface area contributed by atoms with Gasteiger partial charge < -0.3 is 14.8 Å². The van der Waals surface area contributed by atoms with E-state index in [9.17, 15) is 4.79 Å². The number of rotatable bonds is 5. The van der Waals surface area contributed by atoms with Crippen molar-refractivity contribution in [3.8, 4) is 11.5 Å². The first kappa shape index (κ1) is 18.1. The van der Waals surface area contributed by atoms with Gasteiger partial charge in [0.2, 0.25) is 6.79 Å². The zero-order valence-electron chi connectivity index (χ0n) is 15.0. The van der Waals surface area contributed by atoms with E-state index in [0.29, 0.717) is 22.9 Å². The highest BCUT2D eigenvalue weighted by Crippen LogP contribution is 2.32. The van der Waals surface area contributed by atoms with Gasteiger partial charge in [0, 0.05) is 17.1 Å². The largest absolute Gasteiger partial charge is 0.454 e. The maximum absolute atomic E-state index is 13.0. The number of hydrogen-bond acceptors (Lipinski definition) is 3. The Bertz CT molecular complexity index is 1030. The summed E-state index contributed by atoms with van der Waals surface area (Å²) in [6.07, 6.45) is 1.81. The van der Waals surface area contributed by atoms with Crippen LogP contribution in [0, 0.1) is 0 Å². The Morgan fingerprint density at radius 1 is 0.964 bits per heavy atom. The van der Waals surface area contributed by atoms with Crippen molar-refractivity contribution in [3.05, 3.63) is 94.5 Å². The van der Waals surface area contributed by atoms with E-state index >= 15 is 0 Å². The predicted octanol–water partition coefficient (Wildman–Crippen LogP) is 4.93. The van der Waals surface area contributed by atoms with Gasteiger partial charge in [-0.3, -0.25) is 4.79 Å². The summed E-state index contributed by atoms with van der Waals surface area (Å²) < 4.78 is 10.7. The molecule has 1 heterocycles. The summed E-state index contributed by atoms with van der Waals surface area (Å²) in [5.41, 5.74) is 3.10. The standard InChI is InChI=1S/C23H18ClNO3/c24-20-9-5-4-8-18(20)13-19(17-6-2-1-3-7-17)23(26)25-14-16-10-11-21-22(12-16)28-15-27-21/h1-13H,14-15H2,(H,25,26)/b19-13+. The average Bonchev–Trinajstić information content (AvgIpc) is 3.20. The van der Waals surface area contributed by atoms with E-state index in [2.05, 4.69) is 5.32 Å². The highest BCUT2D eigenvalue weighted by Gasteiger charge is 2.15. The topological polar surface area (TPSA) is 47.6 Å². The summed E-state index contributed by atoms with van der Waals surface area (Å²) in [4.78, 5) is 13.0. The molecule has 0 aliphatic carbocycles. The number of carbonyl (C=O) groups is 1. The van der Waals surface area contributed by atoms with E-state index in [1.807, 2.05) is 72.8 Å². The summed E-state index contributed by atoms with van der Waals surface area (Å²) in [5, 5.41) is 3.58. The lowest BCUT2D eigenvalue weighted by atomic mass is 10.0. The highest BCUT2D eigenvalue weighted by atomic mass is 35.5. The van der Waals surface area contributed by atoms with E-state index in [0.717, 1.165) is 22.4 Å². The summed E-state index contributed by atoms with van der Waals surface area (Å²) in [6.45, 7) is 0.603. The lowest BCUT2D eigenvalue weighted by molar-refractivity contribution is -0.115. The van der Waals surface area contributed by atoms with Gasteiger partial charge in [-0.25, -0.2) is 0 Å². The normalized spacial score (nSPS) is 12.7. The highest BCUT2D eigenvalue weighted by molar-refractivity contribution is 6.33. The molecule has 1 aliphatic heterocycles. The second-order valence-corrected chi connectivity index (χ2v) is 6.72. The van der Waals surface area contributed by atoms with Crippen molar-refractivity contribution in [2.24, 2.45) is 0 Å². The van der Waals surface area contributed by atoms with Crippen LogP contribution in [0.5, 0.6) is 11.5 Å². The van der Waals surface area contributed by atoms with Gasteiger partial charge in [0.1, 0.15) is 0 Å². The van der Waals surface area contributed by atoms with Crippen LogP contribution in [0.4, 0.5) is 0 Å². The fourth-order valence-corrected chi connectivity index (χ4v) is 3.16. The number of ether oxygens (including phenoxy) is 2. The van der Waals surface area contributed by atoms with Gasteiger partial charge in [-0.05, 0) is 41.0 Å². The molecule has 0 aromatic heterocycles. The van der Waals surface area contributed by atoms with Crippen LogP contribution in [-0.2, 0) is 11.3 Å². The Morgan fingerprint density at radius 3 is 2.54 bits per heavy atom. The second kappa shape index (κ2) is 8.19. The van der Waals surface area contributed by atoms with Crippen LogP contribution in [0.2, 0.25) is 5.02 Å². The van der Waals surface area contributed by atoms with Gasteiger partial charge >= 0.3 is 0 Å². The minimum atomic E-state index is -0.177. The number of hydrogen-bond donors (Lipinski definition) is 1. The van der Waals surface area contributed by atoms with Crippen molar-refractivity contribution >= 4 is 29.2 Å². The molecule has 0 saturated carbocycles. The molecule has 0 unspecified atom stereocenters. The molecule has 1 aliphatic rings. The molecule has 1 N–H and O–H groups in total. The zero-order valence-corrected chi connectivity index (χ0v) is 15.8. The number of amides is 1. The maximum Gasteiger partial charge on any atom is 0.252 e. The molecule has 28 heavy (non-hydrogen) atoms. The molecule has 140 valence electrons. The van der Waals surface area contributed by atoms with Crippen molar-refractivity contribution in [1.29, 1.82) is 0 Å². The molecule has 3 aromatic rings. The first-order chi connectivity index (χ1) is 13.7. The SMILES string of the molecule is O=C(NCc1ccc2c(c1)OCO2)/C(=C/c1ccccc1Cl)c1ccccc1. The van der Waals surface area contributed by atoms with E-state index in [1.54, 1.807) is 6.07 Å². The molecule has 1 amide bonds. The van der Waals surface area contributed by atoms with E-state index in [-0.39, 0.29) is 12.7 Å². The Hall–Kier alpha value is -3.24. The summed E-state index contributed by atoms with van der Waals surface area (Å²) in [6, 6.07) is 22.6. The van der Waals surface area contributed by atoms with E-state index in [4.69, 9.17) is 21.1 Å². The van der Waals surface area contributed by atoms with Crippen LogP contribution in [0.3, 0.4) is 0 Å². The Morgan fingerprint density at radius 2 is 1.71 bits per heavy atom. The van der Waals surface area contributed by atoms with Crippen molar-refractivity contribution in [2.75, 3.05) is 6.79 Å². The van der Waals surface area contributed by atoms with Crippen molar-refractivity contribution < 1.29 is 14.3 Å². The van der Waals surface area contributed by atoms with Crippen LogP contribution < -0.4 is 14.8 Å².